The molecule has 0 heterocycles. The fraction of sp³-hybridized carbons (Fsp3) is 0.316. The molecule has 158 valence electrons. The predicted octanol–water partition coefficient (Wildman–Crippen LogP) is 3.90. The number of anilines is 2. The molecule has 0 aliphatic heterocycles. The van der Waals surface area contributed by atoms with Crippen LogP contribution in [0, 0.1) is 0 Å². The number of carbonyl (C=O) groups is 1. The van der Waals surface area contributed by atoms with Crippen LogP contribution in [0.15, 0.2) is 48.5 Å². The number of carbonyl (C=O) groups excluding carboxylic acids is 1. The fourth-order valence-corrected chi connectivity index (χ4v) is 3.97. The van der Waals surface area contributed by atoms with Crippen molar-refractivity contribution >= 4 is 27.3 Å². The van der Waals surface area contributed by atoms with Crippen LogP contribution in [0.5, 0.6) is 5.75 Å². The lowest BCUT2D eigenvalue weighted by molar-refractivity contribution is -0.137. The largest absolute Gasteiger partial charge is 0.497 e. The number of alkyl halides is 3. The lowest BCUT2D eigenvalue weighted by Crippen LogP contribution is -2.47. The molecule has 10 heteroatoms. The molecule has 2 rings (SSSR count). The Morgan fingerprint density at radius 2 is 1.66 bits per heavy atom. The fourth-order valence-electron chi connectivity index (χ4n) is 2.76. The summed E-state index contributed by atoms with van der Waals surface area (Å²) in [7, 11) is -2.36. The second kappa shape index (κ2) is 8.73. The molecule has 0 spiro atoms. The van der Waals surface area contributed by atoms with Crippen molar-refractivity contribution in [3.05, 3.63) is 54.1 Å². The summed E-state index contributed by atoms with van der Waals surface area (Å²) in [6.45, 7) is 1.64. The van der Waals surface area contributed by atoms with E-state index in [1.807, 2.05) is 0 Å². The second-order valence-corrected chi connectivity index (χ2v) is 8.10. The van der Waals surface area contributed by atoms with Crippen molar-refractivity contribution in [2.75, 3.05) is 23.0 Å². The van der Waals surface area contributed by atoms with Gasteiger partial charge in [0.1, 0.15) is 11.8 Å². The number of ether oxygens (including phenoxy) is 1. The SMILES string of the molecule is CC[C@@H](C(=O)Nc1ccc(C(F)(F)F)cc1)N(c1ccc(OC)cc1)S(C)(=O)=O. The lowest BCUT2D eigenvalue weighted by atomic mass is 10.1. The van der Waals surface area contributed by atoms with E-state index in [1.165, 1.54) is 19.2 Å². The summed E-state index contributed by atoms with van der Waals surface area (Å²) in [5, 5.41) is 2.48. The van der Waals surface area contributed by atoms with Gasteiger partial charge in [-0.05, 0) is 55.0 Å². The molecule has 1 amide bonds. The van der Waals surface area contributed by atoms with Gasteiger partial charge in [-0.15, -0.1) is 0 Å². The Kier molecular flexibility index (Phi) is 6.78. The van der Waals surface area contributed by atoms with Gasteiger partial charge in [-0.3, -0.25) is 9.10 Å². The highest BCUT2D eigenvalue weighted by Crippen LogP contribution is 2.30. The first-order valence-electron chi connectivity index (χ1n) is 8.59. The molecule has 0 saturated heterocycles. The number of nitrogens with one attached hydrogen (secondary N) is 1. The number of hydrogen-bond donors (Lipinski definition) is 1. The van der Waals surface area contributed by atoms with Crippen molar-refractivity contribution < 1.29 is 31.1 Å². The molecule has 0 radical (unpaired) electrons. The molecular weight excluding hydrogens is 409 g/mol. The second-order valence-electron chi connectivity index (χ2n) is 6.25. The number of rotatable bonds is 7. The first kappa shape index (κ1) is 22.5. The van der Waals surface area contributed by atoms with E-state index in [1.54, 1.807) is 19.1 Å². The summed E-state index contributed by atoms with van der Waals surface area (Å²) in [6, 6.07) is 8.96. The van der Waals surface area contributed by atoms with Gasteiger partial charge >= 0.3 is 6.18 Å². The topological polar surface area (TPSA) is 75.7 Å². The van der Waals surface area contributed by atoms with Gasteiger partial charge in [0.25, 0.3) is 0 Å². The zero-order valence-corrected chi connectivity index (χ0v) is 16.8. The highest BCUT2D eigenvalue weighted by atomic mass is 32.2. The number of methoxy groups -OCH3 is 1. The van der Waals surface area contributed by atoms with Crippen molar-refractivity contribution in [3.8, 4) is 5.75 Å². The molecule has 6 nitrogen and oxygen atoms in total. The molecule has 0 saturated carbocycles. The minimum Gasteiger partial charge on any atom is -0.497 e. The number of sulfonamides is 1. The third-order valence-corrected chi connectivity index (χ3v) is 5.32. The van der Waals surface area contributed by atoms with Crippen molar-refractivity contribution in [2.45, 2.75) is 25.6 Å². The third kappa shape index (κ3) is 5.63. The molecule has 2 aromatic carbocycles. The van der Waals surface area contributed by atoms with Crippen LogP contribution in [0.2, 0.25) is 0 Å². The summed E-state index contributed by atoms with van der Waals surface area (Å²) in [5.41, 5.74) is -0.453. The average molecular weight is 430 g/mol. The van der Waals surface area contributed by atoms with E-state index in [0.717, 1.165) is 34.8 Å². The van der Waals surface area contributed by atoms with Crippen LogP contribution >= 0.6 is 0 Å². The summed E-state index contributed by atoms with van der Waals surface area (Å²) >= 11 is 0. The third-order valence-electron chi connectivity index (χ3n) is 4.14. The molecule has 1 atom stereocenters. The predicted molar refractivity (Wildman–Crippen MR) is 104 cm³/mol. The lowest BCUT2D eigenvalue weighted by Gasteiger charge is -2.30. The monoisotopic (exact) mass is 430 g/mol. The van der Waals surface area contributed by atoms with Gasteiger partial charge in [-0.1, -0.05) is 6.92 Å². The van der Waals surface area contributed by atoms with Crippen molar-refractivity contribution in [3.63, 3.8) is 0 Å². The minimum absolute atomic E-state index is 0.129. The first-order chi connectivity index (χ1) is 13.5. The summed E-state index contributed by atoms with van der Waals surface area (Å²) in [4.78, 5) is 12.7. The minimum atomic E-state index is -4.49. The maximum absolute atomic E-state index is 12.7. The molecule has 2 aromatic rings. The smallest absolute Gasteiger partial charge is 0.416 e. The van der Waals surface area contributed by atoms with Gasteiger partial charge in [0.2, 0.25) is 15.9 Å². The van der Waals surface area contributed by atoms with Gasteiger partial charge in [-0.25, -0.2) is 8.42 Å². The number of amides is 1. The van der Waals surface area contributed by atoms with Crippen LogP contribution in [0.3, 0.4) is 0 Å². The highest BCUT2D eigenvalue weighted by molar-refractivity contribution is 7.92. The Morgan fingerprint density at radius 1 is 1.10 bits per heavy atom. The zero-order valence-electron chi connectivity index (χ0n) is 16.0. The van der Waals surface area contributed by atoms with Crippen molar-refractivity contribution in [2.24, 2.45) is 0 Å². The first-order valence-corrected chi connectivity index (χ1v) is 10.4. The van der Waals surface area contributed by atoms with Gasteiger partial charge in [0.05, 0.1) is 24.6 Å². The van der Waals surface area contributed by atoms with Gasteiger partial charge in [-0.2, -0.15) is 13.2 Å². The Labute approximate surface area is 167 Å². The Balaban J connectivity index is 2.30. The Bertz CT molecular complexity index is 943. The zero-order chi connectivity index (χ0) is 21.8. The van der Waals surface area contributed by atoms with Crippen LogP contribution in [0.1, 0.15) is 18.9 Å². The van der Waals surface area contributed by atoms with E-state index < -0.39 is 33.7 Å². The van der Waals surface area contributed by atoms with Crippen molar-refractivity contribution in [1.29, 1.82) is 0 Å². The number of hydrogen-bond acceptors (Lipinski definition) is 4. The molecule has 0 aliphatic carbocycles. The molecule has 29 heavy (non-hydrogen) atoms. The molecular formula is C19H21F3N2O4S. The molecule has 0 fully saturated rings. The van der Waals surface area contributed by atoms with E-state index in [4.69, 9.17) is 4.74 Å². The summed E-state index contributed by atoms with van der Waals surface area (Å²) in [6.07, 6.45) is -3.37. The van der Waals surface area contributed by atoms with Gasteiger partial charge in [0.15, 0.2) is 0 Å². The van der Waals surface area contributed by atoms with Crippen LogP contribution in [0.25, 0.3) is 0 Å². The Morgan fingerprint density at radius 3 is 2.07 bits per heavy atom. The molecule has 0 bridgehead atoms. The van der Waals surface area contributed by atoms with E-state index in [2.05, 4.69) is 5.32 Å². The number of nitrogens with zero attached hydrogens (tertiary/aromatic N) is 1. The van der Waals surface area contributed by atoms with Gasteiger partial charge in [0, 0.05) is 5.69 Å². The molecule has 0 aliphatic rings. The van der Waals surface area contributed by atoms with E-state index in [9.17, 15) is 26.4 Å². The van der Waals surface area contributed by atoms with Crippen LogP contribution in [-0.4, -0.2) is 33.7 Å². The van der Waals surface area contributed by atoms with E-state index in [0.29, 0.717) is 5.75 Å². The maximum atomic E-state index is 12.7. The standard InChI is InChI=1S/C19H21F3N2O4S/c1-4-17(18(25)23-14-7-5-13(6-8-14)19(20,21)22)24(29(3,26)27)15-9-11-16(28-2)12-10-15/h5-12,17H,4H2,1-3H3,(H,23,25)/t17-/m0/s1. The van der Waals surface area contributed by atoms with Crippen LogP contribution in [0.4, 0.5) is 24.5 Å². The number of benzene rings is 2. The maximum Gasteiger partial charge on any atom is 0.416 e. The molecule has 0 aromatic heterocycles. The quantitative estimate of drug-likeness (QED) is 0.723. The summed E-state index contributed by atoms with van der Waals surface area (Å²) < 4.78 is 68.8. The van der Waals surface area contributed by atoms with Gasteiger partial charge < -0.3 is 10.1 Å². The van der Waals surface area contributed by atoms with E-state index in [-0.39, 0.29) is 17.8 Å². The molecule has 1 N–H and O–H groups in total. The Hall–Kier alpha value is -2.75. The normalized spacial score (nSPS) is 12.9. The number of halogens is 3. The van der Waals surface area contributed by atoms with Crippen LogP contribution in [-0.2, 0) is 21.0 Å². The van der Waals surface area contributed by atoms with E-state index >= 15 is 0 Å². The highest BCUT2D eigenvalue weighted by Gasteiger charge is 2.32. The average Bonchev–Trinajstić information content (AvgIpc) is 2.64. The molecule has 0 unspecified atom stereocenters. The van der Waals surface area contributed by atoms with Crippen molar-refractivity contribution in [1.82, 2.24) is 0 Å². The van der Waals surface area contributed by atoms with Crippen LogP contribution < -0.4 is 14.4 Å². The summed E-state index contributed by atoms with van der Waals surface area (Å²) in [5.74, 6) is -0.141.